The molecule has 4 aliphatic heterocycles. The number of ether oxygens (including phenoxy) is 6. The minimum atomic E-state index is -1.51. The van der Waals surface area contributed by atoms with E-state index in [4.69, 9.17) is 28.4 Å². The number of benzene rings is 2. The van der Waals surface area contributed by atoms with Gasteiger partial charge in [-0.3, -0.25) is 0 Å². The van der Waals surface area contributed by atoms with Crippen molar-refractivity contribution < 1.29 is 48.2 Å². The van der Waals surface area contributed by atoms with Gasteiger partial charge in [-0.25, -0.2) is 9.59 Å². The highest BCUT2D eigenvalue weighted by Gasteiger charge is 2.63. The Morgan fingerprint density at radius 2 is 1.03 bits per heavy atom. The topological polar surface area (TPSA) is 130 Å². The lowest BCUT2D eigenvalue weighted by atomic mass is 9.82. The van der Waals surface area contributed by atoms with Crippen molar-refractivity contribution >= 4 is 22.7 Å². The van der Waals surface area contributed by atoms with Crippen LogP contribution in [0, 0.1) is 0 Å². The third-order valence-electron chi connectivity index (χ3n) is 8.55. The first-order chi connectivity index (χ1) is 17.3. The Morgan fingerprint density at radius 3 is 1.47 bits per heavy atom. The second-order valence-electron chi connectivity index (χ2n) is 10.8. The van der Waals surface area contributed by atoms with E-state index in [-0.39, 0.29) is 25.7 Å². The molecule has 4 heterocycles. The van der Waals surface area contributed by atoms with E-state index in [0.717, 1.165) is 21.9 Å². The van der Waals surface area contributed by atoms with E-state index in [1.165, 1.54) is 0 Å². The maximum atomic E-state index is 12.0. The first-order valence-corrected chi connectivity index (χ1v) is 12.3. The Balaban J connectivity index is 1.10. The molecule has 0 amide bonds. The van der Waals surface area contributed by atoms with Crippen molar-refractivity contribution in [1.29, 1.82) is 0 Å². The summed E-state index contributed by atoms with van der Waals surface area (Å²) in [5.74, 6) is -1.21. The minimum Gasteiger partial charge on any atom is -0.457 e. The van der Waals surface area contributed by atoms with Gasteiger partial charge in [-0.2, -0.15) is 0 Å². The first kappa shape index (κ1) is 21.5. The normalized spacial score (nSPS) is 46.5. The summed E-state index contributed by atoms with van der Waals surface area (Å²) in [6.45, 7) is 0. The van der Waals surface area contributed by atoms with Crippen molar-refractivity contribution in [3.8, 4) is 0 Å². The highest BCUT2D eigenvalue weighted by atomic mass is 16.8. The van der Waals surface area contributed by atoms with Gasteiger partial charge in [0.25, 0.3) is 0 Å². The van der Waals surface area contributed by atoms with E-state index in [1.807, 2.05) is 36.4 Å². The lowest BCUT2D eigenvalue weighted by molar-refractivity contribution is -0.159. The van der Waals surface area contributed by atoms with Crippen LogP contribution in [0.15, 0.2) is 36.4 Å². The lowest BCUT2D eigenvalue weighted by Gasteiger charge is -2.29. The molecule has 0 radical (unpaired) electrons. The standard InChI is InChI=1S/C26H24O10/c27-23-25(29)7-15-19(17(9-25)33-23)35-21(31-15)13-5-1-3-11-12(13)4-2-6-14(11)22-32-16-8-26(30)10-18(20(16)36-22)34-24(26)28/h1-6,15-22,29-30H,7-10H2. The molecule has 10 nitrogen and oxygen atoms in total. The fourth-order valence-corrected chi connectivity index (χ4v) is 6.82. The predicted octanol–water partition coefficient (Wildman–Crippen LogP) is 1.31. The van der Waals surface area contributed by atoms with E-state index in [9.17, 15) is 19.8 Å². The number of rotatable bonds is 2. The van der Waals surface area contributed by atoms with Gasteiger partial charge in [0.1, 0.15) is 24.4 Å². The van der Waals surface area contributed by atoms with Crippen molar-refractivity contribution in [3.05, 3.63) is 47.5 Å². The van der Waals surface area contributed by atoms with Crippen LogP contribution >= 0.6 is 0 Å². The molecule has 10 heteroatoms. The third kappa shape index (κ3) is 2.82. The number of fused-ring (bicyclic) bond motifs is 9. The molecule has 4 saturated heterocycles. The van der Waals surface area contributed by atoms with Crippen LogP contribution in [0.4, 0.5) is 0 Å². The zero-order valence-corrected chi connectivity index (χ0v) is 19.1. The summed E-state index contributed by atoms with van der Waals surface area (Å²) >= 11 is 0. The van der Waals surface area contributed by atoms with Crippen LogP contribution < -0.4 is 0 Å². The summed E-state index contributed by atoms with van der Waals surface area (Å²) in [6.07, 6.45) is -3.47. The molecule has 2 aliphatic carbocycles. The molecule has 36 heavy (non-hydrogen) atoms. The molecule has 2 aromatic carbocycles. The summed E-state index contributed by atoms with van der Waals surface area (Å²) in [5.41, 5.74) is -1.39. The molecular weight excluding hydrogens is 472 g/mol. The van der Waals surface area contributed by atoms with E-state index in [2.05, 4.69) is 0 Å². The molecule has 2 saturated carbocycles. The zero-order valence-electron chi connectivity index (χ0n) is 19.1. The first-order valence-electron chi connectivity index (χ1n) is 12.3. The van der Waals surface area contributed by atoms with E-state index >= 15 is 0 Å². The third-order valence-corrected chi connectivity index (χ3v) is 8.55. The lowest BCUT2D eigenvalue weighted by Crippen LogP contribution is -2.47. The molecule has 4 bridgehead atoms. The number of carbonyl (C=O) groups is 2. The second kappa shape index (κ2) is 7.03. The highest BCUT2D eigenvalue weighted by molar-refractivity contribution is 5.89. The van der Waals surface area contributed by atoms with Gasteiger partial charge in [0.15, 0.2) is 23.8 Å². The van der Waals surface area contributed by atoms with Gasteiger partial charge in [0.05, 0.1) is 12.2 Å². The van der Waals surface area contributed by atoms with E-state index in [0.29, 0.717) is 0 Å². The Morgan fingerprint density at radius 1 is 0.611 bits per heavy atom. The molecule has 2 aromatic rings. The maximum absolute atomic E-state index is 12.0. The van der Waals surface area contributed by atoms with Crippen molar-refractivity contribution in [1.82, 2.24) is 0 Å². The van der Waals surface area contributed by atoms with Crippen LogP contribution in [-0.2, 0) is 38.0 Å². The number of hydrogen-bond donors (Lipinski definition) is 2. The summed E-state index contributed by atoms with van der Waals surface area (Å²) < 4.78 is 35.6. The maximum Gasteiger partial charge on any atom is 0.338 e. The van der Waals surface area contributed by atoms with Crippen LogP contribution in [0.3, 0.4) is 0 Å². The highest BCUT2D eigenvalue weighted by Crippen LogP contribution is 2.50. The zero-order chi connectivity index (χ0) is 24.4. The van der Waals surface area contributed by atoms with Gasteiger partial charge >= 0.3 is 11.9 Å². The number of aliphatic hydroxyl groups is 2. The fourth-order valence-electron chi connectivity index (χ4n) is 6.82. The molecule has 8 rings (SSSR count). The van der Waals surface area contributed by atoms with Crippen LogP contribution in [0.1, 0.15) is 49.4 Å². The number of hydrogen-bond acceptors (Lipinski definition) is 10. The summed E-state index contributed by atoms with van der Waals surface area (Å²) in [5, 5.41) is 23.0. The summed E-state index contributed by atoms with van der Waals surface area (Å²) in [4.78, 5) is 24.0. The molecule has 188 valence electrons. The van der Waals surface area contributed by atoms with Gasteiger partial charge in [0.2, 0.25) is 0 Å². The van der Waals surface area contributed by atoms with Crippen LogP contribution in [0.2, 0.25) is 0 Å². The molecule has 0 spiro atoms. The molecule has 6 aliphatic rings. The van der Waals surface area contributed by atoms with E-state index in [1.54, 1.807) is 0 Å². The largest absolute Gasteiger partial charge is 0.457 e. The number of carbonyl (C=O) groups excluding carboxylic acids is 2. The van der Waals surface area contributed by atoms with Gasteiger partial charge in [-0.15, -0.1) is 0 Å². The second-order valence-corrected chi connectivity index (χ2v) is 10.8. The van der Waals surface area contributed by atoms with Gasteiger partial charge in [0, 0.05) is 36.8 Å². The molecule has 10 atom stereocenters. The smallest absolute Gasteiger partial charge is 0.338 e. The van der Waals surface area contributed by atoms with Gasteiger partial charge < -0.3 is 38.6 Å². The fraction of sp³-hybridized carbons (Fsp3) is 0.538. The molecular formula is C26H24O10. The average Bonchev–Trinajstić information content (AvgIpc) is 3.57. The molecule has 0 aromatic heterocycles. The van der Waals surface area contributed by atoms with E-state index < -0.39 is 72.3 Å². The minimum absolute atomic E-state index is 0.143. The molecule has 2 N–H and O–H groups in total. The Hall–Kier alpha value is -2.60. The quantitative estimate of drug-likeness (QED) is 0.587. The summed E-state index contributed by atoms with van der Waals surface area (Å²) in [6, 6.07) is 11.6. The Bertz CT molecular complexity index is 1210. The monoisotopic (exact) mass is 496 g/mol. The van der Waals surface area contributed by atoms with Crippen molar-refractivity contribution in [2.75, 3.05) is 0 Å². The molecule has 6 fully saturated rings. The Labute approximate surface area is 205 Å². The number of esters is 2. The summed E-state index contributed by atoms with van der Waals surface area (Å²) in [7, 11) is 0. The van der Waals surface area contributed by atoms with Crippen LogP contribution in [-0.4, -0.2) is 70.0 Å². The molecule has 10 unspecified atom stereocenters. The average molecular weight is 496 g/mol. The van der Waals surface area contributed by atoms with Crippen molar-refractivity contribution in [2.24, 2.45) is 0 Å². The van der Waals surface area contributed by atoms with Crippen LogP contribution in [0.25, 0.3) is 10.8 Å². The van der Waals surface area contributed by atoms with Crippen LogP contribution in [0.5, 0.6) is 0 Å². The van der Waals surface area contributed by atoms with Crippen molar-refractivity contribution in [2.45, 2.75) is 86.1 Å². The van der Waals surface area contributed by atoms with Crippen molar-refractivity contribution in [3.63, 3.8) is 0 Å². The van der Waals surface area contributed by atoms with Gasteiger partial charge in [-0.05, 0) is 10.8 Å². The SMILES string of the molecule is O=C1OC2CC1(O)CC1OC(c3cccc4c(C5OC6CC7(O)CC(OC7=O)C6O5)cccc34)OC21. The Kier molecular flexibility index (Phi) is 4.20. The van der Waals surface area contributed by atoms with Gasteiger partial charge in [-0.1, -0.05) is 36.4 Å². The predicted molar refractivity (Wildman–Crippen MR) is 117 cm³/mol.